The minimum absolute atomic E-state index is 0.0637. The largest absolute Gasteiger partial charge is 0.384 e. The summed E-state index contributed by atoms with van der Waals surface area (Å²) in [7, 11) is -3.01. The predicted molar refractivity (Wildman–Crippen MR) is 59.4 cm³/mol. The zero-order chi connectivity index (χ0) is 10.9. The molecular formula is C11H18O3S. The Hall–Kier alpha value is -0.350. The number of hydrogen-bond acceptors (Lipinski definition) is 3. The zero-order valence-electron chi connectivity index (χ0n) is 8.91. The zero-order valence-corrected chi connectivity index (χ0v) is 9.72. The van der Waals surface area contributed by atoms with Crippen molar-refractivity contribution in [3.63, 3.8) is 0 Å². The van der Waals surface area contributed by atoms with Crippen molar-refractivity contribution < 1.29 is 13.5 Å². The van der Waals surface area contributed by atoms with E-state index in [2.05, 4.69) is 6.08 Å². The van der Waals surface area contributed by atoms with E-state index in [9.17, 15) is 13.5 Å². The van der Waals surface area contributed by atoms with Crippen LogP contribution in [-0.4, -0.2) is 30.6 Å². The highest BCUT2D eigenvalue weighted by Crippen LogP contribution is 2.35. The predicted octanol–water partition coefficient (Wildman–Crippen LogP) is 1.43. The second-order valence-electron chi connectivity index (χ2n) is 4.70. The van der Waals surface area contributed by atoms with E-state index in [-0.39, 0.29) is 11.5 Å². The van der Waals surface area contributed by atoms with E-state index in [4.69, 9.17) is 0 Å². The summed E-state index contributed by atoms with van der Waals surface area (Å²) in [4.78, 5) is 0. The maximum atomic E-state index is 11.4. The van der Waals surface area contributed by atoms with Gasteiger partial charge >= 0.3 is 0 Å². The van der Waals surface area contributed by atoms with E-state index >= 15 is 0 Å². The van der Waals surface area contributed by atoms with Gasteiger partial charge in [0.2, 0.25) is 0 Å². The minimum Gasteiger partial charge on any atom is -0.384 e. The van der Waals surface area contributed by atoms with Gasteiger partial charge in [0, 0.05) is 0 Å². The first kappa shape index (κ1) is 11.1. The topological polar surface area (TPSA) is 54.4 Å². The Morgan fingerprint density at radius 1 is 1.27 bits per heavy atom. The third-order valence-electron chi connectivity index (χ3n) is 3.42. The van der Waals surface area contributed by atoms with Gasteiger partial charge in [-0.25, -0.2) is 8.42 Å². The van der Waals surface area contributed by atoms with Gasteiger partial charge in [-0.3, -0.25) is 0 Å². The number of sulfone groups is 1. The fourth-order valence-corrected chi connectivity index (χ4v) is 4.37. The van der Waals surface area contributed by atoms with Crippen LogP contribution in [0.5, 0.6) is 0 Å². The Morgan fingerprint density at radius 3 is 2.73 bits per heavy atom. The van der Waals surface area contributed by atoms with Crippen LogP contribution in [0.3, 0.4) is 0 Å². The molecule has 1 heterocycles. The molecule has 0 spiro atoms. The summed E-state index contributed by atoms with van der Waals surface area (Å²) in [5.74, 6) is 0.0761. The second kappa shape index (κ2) is 3.91. The maximum Gasteiger partial charge on any atom is 0.153 e. The van der Waals surface area contributed by atoms with E-state index in [1.54, 1.807) is 0 Å². The normalized spacial score (nSPS) is 35.9. The second-order valence-corrected chi connectivity index (χ2v) is 6.89. The summed E-state index contributed by atoms with van der Waals surface area (Å²) < 4.78 is 22.8. The molecule has 0 bridgehead atoms. The fourth-order valence-electron chi connectivity index (χ4n) is 2.52. The Bertz CT molecular complexity index is 369. The third-order valence-corrected chi connectivity index (χ3v) is 5.17. The van der Waals surface area contributed by atoms with E-state index in [0.717, 1.165) is 31.3 Å². The van der Waals surface area contributed by atoms with Gasteiger partial charge in [-0.05, 0) is 37.7 Å². The van der Waals surface area contributed by atoms with Gasteiger partial charge in [0.15, 0.2) is 9.84 Å². The van der Waals surface area contributed by atoms with Crippen LogP contribution in [0.4, 0.5) is 0 Å². The van der Waals surface area contributed by atoms with Crippen molar-refractivity contribution in [2.45, 2.75) is 44.1 Å². The highest BCUT2D eigenvalue weighted by molar-refractivity contribution is 7.91. The molecule has 0 saturated carbocycles. The van der Waals surface area contributed by atoms with Crippen molar-refractivity contribution in [3.05, 3.63) is 11.6 Å². The summed E-state index contributed by atoms with van der Waals surface area (Å²) in [6.07, 6.45) is 7.72. The fraction of sp³-hybridized carbons (Fsp3) is 0.818. The van der Waals surface area contributed by atoms with Gasteiger partial charge in [0.1, 0.15) is 5.60 Å². The van der Waals surface area contributed by atoms with Crippen LogP contribution in [-0.2, 0) is 9.84 Å². The van der Waals surface area contributed by atoms with Gasteiger partial charge in [-0.1, -0.05) is 12.5 Å². The van der Waals surface area contributed by atoms with Crippen molar-refractivity contribution in [1.82, 2.24) is 0 Å². The number of hydrogen-bond donors (Lipinski definition) is 1. The highest BCUT2D eigenvalue weighted by Gasteiger charge is 2.42. The summed E-state index contributed by atoms with van der Waals surface area (Å²) >= 11 is 0. The molecule has 2 rings (SSSR count). The summed E-state index contributed by atoms with van der Waals surface area (Å²) in [6, 6.07) is 0. The molecule has 1 atom stereocenters. The Morgan fingerprint density at radius 2 is 2.07 bits per heavy atom. The molecule has 1 aliphatic heterocycles. The van der Waals surface area contributed by atoms with E-state index in [1.165, 1.54) is 6.42 Å². The Labute approximate surface area is 91.1 Å². The van der Waals surface area contributed by atoms with Crippen LogP contribution in [0.2, 0.25) is 0 Å². The third kappa shape index (κ3) is 2.42. The first-order valence-electron chi connectivity index (χ1n) is 5.64. The molecule has 1 saturated heterocycles. The molecule has 0 aromatic rings. The Balaban J connectivity index is 2.19. The highest BCUT2D eigenvalue weighted by atomic mass is 32.2. The quantitative estimate of drug-likeness (QED) is 0.693. The first-order chi connectivity index (χ1) is 7.02. The van der Waals surface area contributed by atoms with Crippen LogP contribution in [0.25, 0.3) is 0 Å². The summed E-state index contributed by atoms with van der Waals surface area (Å²) in [5.41, 5.74) is -0.0653. The summed E-state index contributed by atoms with van der Waals surface area (Å²) in [6.45, 7) is 0. The molecule has 1 fully saturated rings. The molecule has 3 nitrogen and oxygen atoms in total. The lowest BCUT2D eigenvalue weighted by molar-refractivity contribution is 0.102. The van der Waals surface area contributed by atoms with Crippen molar-refractivity contribution >= 4 is 9.84 Å². The molecular weight excluding hydrogens is 212 g/mol. The average Bonchev–Trinajstić information content (AvgIpc) is 2.43. The molecule has 2 aliphatic rings. The van der Waals surface area contributed by atoms with Crippen LogP contribution in [0.15, 0.2) is 11.6 Å². The minimum atomic E-state index is -3.01. The molecule has 15 heavy (non-hydrogen) atoms. The number of rotatable bonds is 1. The average molecular weight is 230 g/mol. The van der Waals surface area contributed by atoms with Gasteiger partial charge in [0.05, 0.1) is 11.5 Å². The molecule has 1 N–H and O–H groups in total. The van der Waals surface area contributed by atoms with Crippen LogP contribution in [0, 0.1) is 0 Å². The number of aliphatic hydroxyl groups is 1. The lowest BCUT2D eigenvalue weighted by atomic mass is 9.90. The molecule has 1 aliphatic carbocycles. The monoisotopic (exact) mass is 230 g/mol. The number of allylic oxidation sites excluding steroid dienone is 1. The molecule has 0 radical (unpaired) electrons. The van der Waals surface area contributed by atoms with Gasteiger partial charge in [-0.15, -0.1) is 0 Å². The molecule has 0 aromatic carbocycles. The van der Waals surface area contributed by atoms with Crippen LogP contribution < -0.4 is 0 Å². The van der Waals surface area contributed by atoms with Crippen LogP contribution in [0.1, 0.15) is 38.5 Å². The summed E-state index contributed by atoms with van der Waals surface area (Å²) in [5, 5.41) is 10.3. The van der Waals surface area contributed by atoms with E-state index < -0.39 is 15.4 Å². The van der Waals surface area contributed by atoms with Crippen molar-refractivity contribution in [2.75, 3.05) is 11.5 Å². The molecule has 1 unspecified atom stereocenters. The van der Waals surface area contributed by atoms with Gasteiger partial charge < -0.3 is 5.11 Å². The SMILES string of the molecule is O=S1(=O)CCC(O)(C2=CCCCCC2)C1. The molecule has 86 valence electrons. The van der Waals surface area contributed by atoms with Crippen LogP contribution >= 0.6 is 0 Å². The Kier molecular flexibility index (Phi) is 2.90. The lowest BCUT2D eigenvalue weighted by Gasteiger charge is -2.24. The maximum absolute atomic E-state index is 11.4. The smallest absolute Gasteiger partial charge is 0.153 e. The van der Waals surface area contributed by atoms with Crippen molar-refractivity contribution in [2.24, 2.45) is 0 Å². The van der Waals surface area contributed by atoms with E-state index in [1.807, 2.05) is 0 Å². The standard InChI is InChI=1S/C11H18O3S/c12-11(7-8-15(13,14)9-11)10-5-3-1-2-4-6-10/h5,12H,1-4,6-9H2. The molecule has 0 amide bonds. The molecule has 0 aromatic heterocycles. The van der Waals surface area contributed by atoms with Crippen molar-refractivity contribution in [3.8, 4) is 0 Å². The lowest BCUT2D eigenvalue weighted by Crippen LogP contribution is -2.32. The van der Waals surface area contributed by atoms with Gasteiger partial charge in [0.25, 0.3) is 0 Å². The first-order valence-corrected chi connectivity index (χ1v) is 7.46. The van der Waals surface area contributed by atoms with Crippen molar-refractivity contribution in [1.29, 1.82) is 0 Å². The van der Waals surface area contributed by atoms with Gasteiger partial charge in [-0.2, -0.15) is 0 Å². The van der Waals surface area contributed by atoms with E-state index in [0.29, 0.717) is 6.42 Å². The molecule has 4 heteroatoms.